The highest BCUT2D eigenvalue weighted by Crippen LogP contribution is 2.50. The first-order valence-corrected chi connectivity index (χ1v) is 4.49. The number of nitrogens with zero attached hydrogens (tertiary/aromatic N) is 1. The summed E-state index contributed by atoms with van der Waals surface area (Å²) in [6, 6.07) is 1.32. The summed E-state index contributed by atoms with van der Waals surface area (Å²) in [4.78, 5) is 2.32. The second-order valence-electron chi connectivity index (χ2n) is 3.46. The monoisotopic (exact) mass is 314 g/mol. The molecule has 113 valence electrons. The largest absolute Gasteiger partial charge is 0.459 e. The number of halogens is 10. The topological polar surface area (TPSA) is 12.9 Å². The van der Waals surface area contributed by atoms with Gasteiger partial charge in [0.25, 0.3) is 0 Å². The first kappa shape index (κ1) is 16.5. The smallest absolute Gasteiger partial charge is 0.254 e. The van der Waals surface area contributed by atoms with Crippen LogP contribution in [0, 0.1) is 6.07 Å². The minimum Gasteiger partial charge on any atom is -0.254 e. The predicted octanol–water partition coefficient (Wildman–Crippen LogP) is 4.19. The van der Waals surface area contributed by atoms with Gasteiger partial charge in [-0.1, -0.05) is 0 Å². The van der Waals surface area contributed by atoms with Crippen molar-refractivity contribution < 1.29 is 43.9 Å². The standard InChI is InChI=1S/C9H2F10N/c10-6(11,8(14,15)16)4-2-1-3-20-5(4)7(12,13)9(17,18)19/h1,3H. The fourth-order valence-corrected chi connectivity index (χ4v) is 1.12. The fourth-order valence-electron chi connectivity index (χ4n) is 1.12. The predicted molar refractivity (Wildman–Crippen MR) is 43.0 cm³/mol. The Labute approximate surface area is 104 Å². The number of pyridine rings is 1. The van der Waals surface area contributed by atoms with E-state index in [4.69, 9.17) is 0 Å². The summed E-state index contributed by atoms with van der Waals surface area (Å²) in [6.07, 6.45) is -12.6. The quantitative estimate of drug-likeness (QED) is 0.746. The maximum Gasteiger partial charge on any atom is 0.459 e. The fraction of sp³-hybridized carbons (Fsp3) is 0.444. The summed E-state index contributed by atoms with van der Waals surface area (Å²) in [7, 11) is 0. The molecule has 1 nitrogen and oxygen atoms in total. The Morgan fingerprint density at radius 1 is 0.750 bits per heavy atom. The number of hydrogen-bond acceptors (Lipinski definition) is 1. The van der Waals surface area contributed by atoms with Gasteiger partial charge in [-0.15, -0.1) is 0 Å². The van der Waals surface area contributed by atoms with Gasteiger partial charge in [0.2, 0.25) is 0 Å². The first-order valence-electron chi connectivity index (χ1n) is 4.49. The van der Waals surface area contributed by atoms with E-state index in [9.17, 15) is 43.9 Å². The number of hydrogen-bond donors (Lipinski definition) is 0. The molecule has 0 amide bonds. The molecule has 0 spiro atoms. The van der Waals surface area contributed by atoms with Crippen LogP contribution in [0.5, 0.6) is 0 Å². The van der Waals surface area contributed by atoms with E-state index in [0.29, 0.717) is 0 Å². The summed E-state index contributed by atoms with van der Waals surface area (Å²) < 4.78 is 124. The SMILES string of the molecule is FC(F)(F)C(F)(F)c1[c]ccnc1C(F)(F)C(F)(F)F. The lowest BCUT2D eigenvalue weighted by Gasteiger charge is -2.25. The van der Waals surface area contributed by atoms with Crippen LogP contribution in [-0.2, 0) is 11.8 Å². The molecule has 11 heteroatoms. The molecule has 1 aromatic heterocycles. The number of rotatable bonds is 2. The Morgan fingerprint density at radius 2 is 1.20 bits per heavy atom. The third kappa shape index (κ3) is 2.52. The van der Waals surface area contributed by atoms with Gasteiger partial charge in [0.1, 0.15) is 5.69 Å². The van der Waals surface area contributed by atoms with Gasteiger partial charge in [-0.2, -0.15) is 43.9 Å². The first-order chi connectivity index (χ1) is 8.73. The van der Waals surface area contributed by atoms with E-state index in [2.05, 4.69) is 4.98 Å². The lowest BCUT2D eigenvalue weighted by Crippen LogP contribution is -2.41. The Hall–Kier alpha value is -1.55. The molecule has 0 aromatic carbocycles. The third-order valence-electron chi connectivity index (χ3n) is 2.07. The van der Waals surface area contributed by atoms with E-state index in [1.165, 1.54) is 0 Å². The molecule has 1 radical (unpaired) electrons. The molecule has 1 rings (SSSR count). The second-order valence-corrected chi connectivity index (χ2v) is 3.46. The van der Waals surface area contributed by atoms with E-state index < -0.39 is 35.5 Å². The molecule has 0 fully saturated rings. The van der Waals surface area contributed by atoms with E-state index in [1.54, 1.807) is 0 Å². The van der Waals surface area contributed by atoms with Crippen molar-refractivity contribution in [2.45, 2.75) is 24.2 Å². The van der Waals surface area contributed by atoms with Gasteiger partial charge >= 0.3 is 24.2 Å². The highest BCUT2D eigenvalue weighted by Gasteiger charge is 2.66. The lowest BCUT2D eigenvalue weighted by atomic mass is 10.0. The molecule has 1 heterocycles. The molecule has 1 aromatic rings. The van der Waals surface area contributed by atoms with Gasteiger partial charge < -0.3 is 0 Å². The van der Waals surface area contributed by atoms with Crippen molar-refractivity contribution in [3.8, 4) is 0 Å². The number of aromatic nitrogens is 1. The van der Waals surface area contributed by atoms with E-state index in [-0.39, 0.29) is 12.3 Å². The summed E-state index contributed by atoms with van der Waals surface area (Å²) in [5.74, 6) is -11.9. The average Bonchev–Trinajstić information content (AvgIpc) is 2.26. The zero-order valence-electron chi connectivity index (χ0n) is 8.88. The molecule has 0 aliphatic carbocycles. The minimum absolute atomic E-state index is 0.199. The molecule has 0 saturated heterocycles. The van der Waals surface area contributed by atoms with Crippen LogP contribution >= 0.6 is 0 Å². The normalized spacial score (nSPS) is 14.5. The lowest BCUT2D eigenvalue weighted by molar-refractivity contribution is -0.303. The van der Waals surface area contributed by atoms with Crippen LogP contribution in [0.25, 0.3) is 0 Å². The molecule has 0 aliphatic heterocycles. The van der Waals surface area contributed by atoms with Crippen molar-refractivity contribution in [3.63, 3.8) is 0 Å². The summed E-state index contributed by atoms with van der Waals surface area (Å²) in [5, 5.41) is 0. The summed E-state index contributed by atoms with van der Waals surface area (Å²) in [6.45, 7) is 0. The molecule has 0 N–H and O–H groups in total. The zero-order valence-corrected chi connectivity index (χ0v) is 8.88. The average molecular weight is 314 g/mol. The maximum absolute atomic E-state index is 12.9. The molecular weight excluding hydrogens is 312 g/mol. The Balaban J connectivity index is 3.55. The molecular formula is C9H2F10N. The molecule has 0 unspecified atom stereocenters. The molecule has 20 heavy (non-hydrogen) atoms. The second kappa shape index (κ2) is 4.48. The van der Waals surface area contributed by atoms with Gasteiger partial charge in [-0.3, -0.25) is 4.98 Å². The number of alkyl halides is 10. The molecule has 0 bridgehead atoms. The van der Waals surface area contributed by atoms with Crippen LogP contribution in [-0.4, -0.2) is 17.3 Å². The Kier molecular flexibility index (Phi) is 3.70. The van der Waals surface area contributed by atoms with Gasteiger partial charge in [-0.05, 0) is 12.1 Å². The van der Waals surface area contributed by atoms with E-state index >= 15 is 0 Å². The third-order valence-corrected chi connectivity index (χ3v) is 2.07. The Morgan fingerprint density at radius 3 is 1.60 bits per heavy atom. The molecule has 0 saturated carbocycles. The van der Waals surface area contributed by atoms with Gasteiger partial charge in [-0.25, -0.2) is 0 Å². The summed E-state index contributed by atoms with van der Waals surface area (Å²) >= 11 is 0. The highest BCUT2D eigenvalue weighted by molar-refractivity contribution is 5.29. The van der Waals surface area contributed by atoms with Crippen LogP contribution in [0.2, 0.25) is 0 Å². The van der Waals surface area contributed by atoms with Crippen LogP contribution in [0.15, 0.2) is 12.3 Å². The van der Waals surface area contributed by atoms with E-state index in [0.717, 1.165) is 6.07 Å². The maximum atomic E-state index is 12.9. The van der Waals surface area contributed by atoms with Crippen LogP contribution in [0.1, 0.15) is 11.3 Å². The molecule has 0 aliphatic rings. The van der Waals surface area contributed by atoms with Crippen molar-refractivity contribution >= 4 is 0 Å². The van der Waals surface area contributed by atoms with Crippen LogP contribution < -0.4 is 0 Å². The van der Waals surface area contributed by atoms with Crippen molar-refractivity contribution in [2.75, 3.05) is 0 Å². The van der Waals surface area contributed by atoms with Crippen LogP contribution in [0.3, 0.4) is 0 Å². The zero-order chi connectivity index (χ0) is 16.0. The van der Waals surface area contributed by atoms with Crippen LogP contribution in [0.4, 0.5) is 43.9 Å². The summed E-state index contributed by atoms with van der Waals surface area (Å²) in [5.41, 5.74) is -5.41. The minimum atomic E-state index is -6.38. The van der Waals surface area contributed by atoms with Crippen molar-refractivity contribution in [1.82, 2.24) is 4.98 Å². The van der Waals surface area contributed by atoms with Crippen molar-refractivity contribution in [1.29, 1.82) is 0 Å². The van der Waals surface area contributed by atoms with Gasteiger partial charge in [0, 0.05) is 6.20 Å². The molecule has 0 atom stereocenters. The van der Waals surface area contributed by atoms with Crippen molar-refractivity contribution in [2.24, 2.45) is 0 Å². The van der Waals surface area contributed by atoms with Gasteiger partial charge in [0.15, 0.2) is 0 Å². The Bertz CT molecular complexity index is 441. The van der Waals surface area contributed by atoms with Crippen molar-refractivity contribution in [3.05, 3.63) is 29.6 Å². The van der Waals surface area contributed by atoms with E-state index in [1.807, 2.05) is 0 Å². The van der Waals surface area contributed by atoms with Gasteiger partial charge in [0.05, 0.1) is 5.56 Å². The highest BCUT2D eigenvalue weighted by atomic mass is 19.4.